The van der Waals surface area contributed by atoms with E-state index in [-0.39, 0.29) is 28.6 Å². The molecular formula is C30H26N4O8. The van der Waals surface area contributed by atoms with Gasteiger partial charge in [-0.25, -0.2) is 9.59 Å². The van der Waals surface area contributed by atoms with Crippen LogP contribution in [0.25, 0.3) is 12.2 Å². The summed E-state index contributed by atoms with van der Waals surface area (Å²) in [5, 5.41) is 19.7. The number of carbonyl (C=O) groups excluding carboxylic acids is 2. The molecule has 0 unspecified atom stereocenters. The zero-order chi connectivity index (χ0) is 29.9. The number of hydrogen-bond acceptors (Lipinski definition) is 11. The van der Waals surface area contributed by atoms with Crippen molar-refractivity contribution in [2.75, 3.05) is 18.0 Å². The molecule has 12 nitrogen and oxygen atoms in total. The van der Waals surface area contributed by atoms with E-state index in [4.69, 9.17) is 18.3 Å². The Kier molecular flexibility index (Phi) is 9.76. The van der Waals surface area contributed by atoms with Gasteiger partial charge < -0.3 is 23.2 Å². The Morgan fingerprint density at radius 3 is 1.83 bits per heavy atom. The zero-order valence-corrected chi connectivity index (χ0v) is 22.7. The Morgan fingerprint density at radius 1 is 0.833 bits per heavy atom. The number of furan rings is 2. The molecule has 0 bridgehead atoms. The third-order valence-electron chi connectivity index (χ3n) is 5.77. The molecule has 0 amide bonds. The minimum atomic E-state index is -0.815. The van der Waals surface area contributed by atoms with Gasteiger partial charge in [0.2, 0.25) is 0 Å². The van der Waals surface area contributed by atoms with Gasteiger partial charge in [-0.15, -0.1) is 10.2 Å². The van der Waals surface area contributed by atoms with E-state index in [2.05, 4.69) is 15.1 Å². The van der Waals surface area contributed by atoms with Crippen molar-refractivity contribution in [3.63, 3.8) is 0 Å². The van der Waals surface area contributed by atoms with Crippen molar-refractivity contribution in [2.24, 2.45) is 10.2 Å². The van der Waals surface area contributed by atoms with E-state index in [1.54, 1.807) is 42.5 Å². The topological polar surface area (TPSA) is 150 Å². The third-order valence-corrected chi connectivity index (χ3v) is 5.77. The third kappa shape index (κ3) is 7.88. The molecule has 0 aliphatic rings. The van der Waals surface area contributed by atoms with Crippen molar-refractivity contribution in [1.29, 1.82) is 0 Å². The van der Waals surface area contributed by atoms with Gasteiger partial charge in [0.1, 0.15) is 22.9 Å². The standard InChI is InChI=1S/C30H26N4O8/c1-3-33(4-2)21-9-13-25(27(19-21)41-29(35)15-11-23-7-5-17-39-23)31-32-26-14-10-22(34(37)38)20-28(26)42-30(36)16-12-24-8-6-18-40-24/h5-20H,3-4H2,1-2H3. The monoisotopic (exact) mass is 570 g/mol. The average Bonchev–Trinajstić information content (AvgIpc) is 3.70. The van der Waals surface area contributed by atoms with Crippen LogP contribution in [0.3, 0.4) is 0 Å². The highest BCUT2D eigenvalue weighted by Crippen LogP contribution is 2.37. The van der Waals surface area contributed by atoms with Gasteiger partial charge in [-0.2, -0.15) is 0 Å². The molecule has 0 spiro atoms. The summed E-state index contributed by atoms with van der Waals surface area (Å²) < 4.78 is 21.3. The van der Waals surface area contributed by atoms with Gasteiger partial charge in [0.05, 0.1) is 23.5 Å². The fraction of sp³-hybridized carbons (Fsp3) is 0.133. The first-order valence-corrected chi connectivity index (χ1v) is 12.8. The Labute approximate surface area is 240 Å². The number of azo groups is 1. The molecule has 4 aromatic rings. The molecule has 0 saturated carbocycles. The van der Waals surface area contributed by atoms with E-state index in [1.165, 1.54) is 42.9 Å². The van der Waals surface area contributed by atoms with Crippen LogP contribution < -0.4 is 14.4 Å². The van der Waals surface area contributed by atoms with Crippen LogP contribution in [0, 0.1) is 10.1 Å². The smallest absolute Gasteiger partial charge is 0.336 e. The molecule has 2 aromatic heterocycles. The Morgan fingerprint density at radius 2 is 1.36 bits per heavy atom. The molecular weight excluding hydrogens is 544 g/mol. The Bertz CT molecular complexity index is 1620. The summed E-state index contributed by atoms with van der Waals surface area (Å²) in [7, 11) is 0. The number of rotatable bonds is 12. The van der Waals surface area contributed by atoms with Gasteiger partial charge in [-0.1, -0.05) is 0 Å². The molecule has 2 heterocycles. The van der Waals surface area contributed by atoms with Gasteiger partial charge in [0.25, 0.3) is 5.69 Å². The average molecular weight is 571 g/mol. The second-order valence-corrected chi connectivity index (χ2v) is 8.47. The van der Waals surface area contributed by atoms with Crippen LogP contribution in [0.5, 0.6) is 11.5 Å². The predicted molar refractivity (Wildman–Crippen MR) is 154 cm³/mol. The van der Waals surface area contributed by atoms with Crippen LogP contribution in [0.4, 0.5) is 22.7 Å². The molecule has 0 N–H and O–H groups in total. The fourth-order valence-electron chi connectivity index (χ4n) is 3.70. The van der Waals surface area contributed by atoms with Gasteiger partial charge in [0, 0.05) is 43.1 Å². The lowest BCUT2D eigenvalue weighted by atomic mass is 10.2. The number of nitro benzene ring substituents is 1. The number of anilines is 1. The molecule has 0 fully saturated rings. The quantitative estimate of drug-likeness (QED) is 0.0427. The van der Waals surface area contributed by atoms with E-state index < -0.39 is 16.9 Å². The first-order chi connectivity index (χ1) is 20.4. The SMILES string of the molecule is CCN(CC)c1ccc(N=Nc2ccc([N+](=O)[O-])cc2OC(=O)C=Cc2ccco2)c(OC(=O)C=Cc2ccco2)c1. The lowest BCUT2D eigenvalue weighted by molar-refractivity contribution is -0.384. The second-order valence-electron chi connectivity index (χ2n) is 8.47. The Balaban J connectivity index is 1.63. The summed E-state index contributed by atoms with van der Waals surface area (Å²) in [4.78, 5) is 37.8. The van der Waals surface area contributed by atoms with Gasteiger partial charge in [-0.05, 0) is 68.5 Å². The molecule has 214 valence electrons. The number of non-ortho nitro benzene ring substituents is 1. The molecule has 2 aromatic carbocycles. The molecule has 4 rings (SSSR count). The van der Waals surface area contributed by atoms with E-state index in [9.17, 15) is 19.7 Å². The Hall–Kier alpha value is -5.78. The number of hydrogen-bond donors (Lipinski definition) is 0. The minimum absolute atomic E-state index is 0.0307. The highest BCUT2D eigenvalue weighted by Gasteiger charge is 2.16. The molecule has 12 heteroatoms. The second kappa shape index (κ2) is 14.0. The maximum atomic E-state index is 12.6. The molecule has 0 aliphatic heterocycles. The maximum absolute atomic E-state index is 12.6. The molecule has 0 radical (unpaired) electrons. The predicted octanol–water partition coefficient (Wildman–Crippen LogP) is 7.28. The summed E-state index contributed by atoms with van der Waals surface area (Å²) in [5.74, 6) is -0.665. The van der Waals surface area contributed by atoms with Crippen LogP contribution in [-0.4, -0.2) is 30.0 Å². The first-order valence-electron chi connectivity index (χ1n) is 12.8. The molecule has 42 heavy (non-hydrogen) atoms. The summed E-state index contributed by atoms with van der Waals surface area (Å²) in [6.45, 7) is 5.43. The number of nitro groups is 1. The maximum Gasteiger partial charge on any atom is 0.336 e. The van der Waals surface area contributed by atoms with Crippen molar-refractivity contribution >= 4 is 46.8 Å². The van der Waals surface area contributed by atoms with Crippen molar-refractivity contribution in [3.05, 3.63) is 107 Å². The van der Waals surface area contributed by atoms with Crippen molar-refractivity contribution in [1.82, 2.24) is 0 Å². The van der Waals surface area contributed by atoms with Gasteiger partial charge >= 0.3 is 11.9 Å². The number of carbonyl (C=O) groups is 2. The summed E-state index contributed by atoms with van der Waals surface area (Å²) in [6.07, 6.45) is 8.11. The van der Waals surface area contributed by atoms with Crippen LogP contribution in [-0.2, 0) is 9.59 Å². The van der Waals surface area contributed by atoms with Crippen molar-refractivity contribution in [2.45, 2.75) is 13.8 Å². The summed E-state index contributed by atoms with van der Waals surface area (Å²) in [6, 6.07) is 15.3. The van der Waals surface area contributed by atoms with E-state index >= 15 is 0 Å². The fourth-order valence-corrected chi connectivity index (χ4v) is 3.70. The number of esters is 2. The van der Waals surface area contributed by atoms with Crippen molar-refractivity contribution in [3.8, 4) is 11.5 Å². The van der Waals surface area contributed by atoms with Crippen molar-refractivity contribution < 1.29 is 32.8 Å². The van der Waals surface area contributed by atoms with E-state index in [0.29, 0.717) is 11.5 Å². The van der Waals surface area contributed by atoms with E-state index in [0.717, 1.165) is 30.9 Å². The highest BCUT2D eigenvalue weighted by atomic mass is 16.6. The molecule has 0 saturated heterocycles. The largest absolute Gasteiger partial charge is 0.465 e. The summed E-state index contributed by atoms with van der Waals surface area (Å²) in [5.41, 5.74) is 0.709. The van der Waals surface area contributed by atoms with Crippen LogP contribution in [0.1, 0.15) is 25.4 Å². The number of benzene rings is 2. The molecule has 0 aliphatic carbocycles. The number of ether oxygens (including phenoxy) is 2. The lowest BCUT2D eigenvalue weighted by Gasteiger charge is -2.21. The minimum Gasteiger partial charge on any atom is -0.465 e. The number of nitrogens with zero attached hydrogens (tertiary/aromatic N) is 4. The molecule has 0 atom stereocenters. The van der Waals surface area contributed by atoms with Crippen LogP contribution in [0.15, 0.2) is 104 Å². The van der Waals surface area contributed by atoms with Crippen LogP contribution >= 0.6 is 0 Å². The normalized spacial score (nSPS) is 11.4. The zero-order valence-electron chi connectivity index (χ0n) is 22.7. The highest BCUT2D eigenvalue weighted by molar-refractivity contribution is 5.90. The van der Waals surface area contributed by atoms with Gasteiger partial charge in [-0.3, -0.25) is 10.1 Å². The van der Waals surface area contributed by atoms with Crippen LogP contribution in [0.2, 0.25) is 0 Å². The first kappa shape index (κ1) is 29.2. The van der Waals surface area contributed by atoms with E-state index in [1.807, 2.05) is 13.8 Å². The van der Waals surface area contributed by atoms with Gasteiger partial charge in [0.15, 0.2) is 11.5 Å². The summed E-state index contributed by atoms with van der Waals surface area (Å²) >= 11 is 0. The lowest BCUT2D eigenvalue weighted by Crippen LogP contribution is -2.21.